The van der Waals surface area contributed by atoms with Crippen LogP contribution in [0.2, 0.25) is 5.02 Å². The van der Waals surface area contributed by atoms with Crippen LogP contribution in [0.25, 0.3) is 33.1 Å². The van der Waals surface area contributed by atoms with Gasteiger partial charge in [0.1, 0.15) is 23.6 Å². The molecule has 1 aliphatic carbocycles. The summed E-state index contributed by atoms with van der Waals surface area (Å²) in [6.07, 6.45) is 12.1. The normalized spacial score (nSPS) is 19.4. The fourth-order valence-electron chi connectivity index (χ4n) is 5.56. The molecule has 5 heterocycles. The van der Waals surface area contributed by atoms with Gasteiger partial charge < -0.3 is 24.6 Å². The molecule has 0 radical (unpaired) electrons. The number of halogens is 2. The number of hydrogen-bond acceptors (Lipinski definition) is 10. The molecule has 1 aromatic carbocycles. The summed E-state index contributed by atoms with van der Waals surface area (Å²) in [5.74, 6) is 0.119. The molecule has 0 spiro atoms. The molecule has 2 saturated heterocycles. The van der Waals surface area contributed by atoms with Gasteiger partial charge in [-0.1, -0.05) is 30.9 Å². The highest BCUT2D eigenvalue weighted by atomic mass is 35.5. The molecule has 2 aliphatic heterocycles. The van der Waals surface area contributed by atoms with Gasteiger partial charge in [0, 0.05) is 47.3 Å². The highest BCUT2D eigenvalue weighted by Gasteiger charge is 2.27. The molecule has 0 amide bonds. The molecule has 1 saturated carbocycles. The first-order valence-corrected chi connectivity index (χ1v) is 16.1. The maximum absolute atomic E-state index is 16.3. The quantitative estimate of drug-likeness (QED) is 0.243. The number of pyridine rings is 1. The minimum Gasteiger partial charge on any atom is -0.468 e. The summed E-state index contributed by atoms with van der Waals surface area (Å²) in [5, 5.41) is 12.1. The highest BCUT2D eigenvalue weighted by molar-refractivity contribution is 6.31. The van der Waals surface area contributed by atoms with Crippen molar-refractivity contribution in [1.29, 1.82) is 0 Å². The first kappa shape index (κ1) is 32.8. The Hall–Kier alpha value is -3.61. The van der Waals surface area contributed by atoms with E-state index in [9.17, 15) is 4.79 Å². The predicted octanol–water partition coefficient (Wildman–Crippen LogP) is 5.37. The summed E-state index contributed by atoms with van der Waals surface area (Å²) in [5.41, 5.74) is 1.62. The van der Waals surface area contributed by atoms with E-state index < -0.39 is 5.82 Å². The lowest BCUT2D eigenvalue weighted by Gasteiger charge is -2.34. The maximum atomic E-state index is 16.3. The highest BCUT2D eigenvalue weighted by Crippen LogP contribution is 2.36. The van der Waals surface area contributed by atoms with E-state index >= 15 is 4.39 Å². The number of aromatic amines is 1. The number of fused-ring (bicyclic) bond motifs is 2. The summed E-state index contributed by atoms with van der Waals surface area (Å²) >= 11 is 6.34. The van der Waals surface area contributed by atoms with Crippen LogP contribution in [0.15, 0.2) is 24.5 Å². The van der Waals surface area contributed by atoms with Crippen molar-refractivity contribution in [1.82, 2.24) is 35.4 Å². The van der Waals surface area contributed by atoms with Gasteiger partial charge >= 0.3 is 6.01 Å². The molecule has 242 valence electrons. The van der Waals surface area contributed by atoms with Gasteiger partial charge in [0.2, 0.25) is 0 Å². The van der Waals surface area contributed by atoms with Gasteiger partial charge in [-0.3, -0.25) is 14.9 Å². The minimum atomic E-state index is -0.532. The molecule has 2 unspecified atom stereocenters. The topological polar surface area (TPSA) is 121 Å². The van der Waals surface area contributed by atoms with Crippen LogP contribution in [0.4, 0.5) is 10.2 Å². The first-order valence-electron chi connectivity index (χ1n) is 15.7. The Balaban J connectivity index is 0.000000443. The Morgan fingerprint density at radius 1 is 1.11 bits per heavy atom. The SMILES string of the molecule is C1CC1.CCOC=O.CNC1CCCN(c2nc(OCC3CCCN3C)nc3c(F)c(-c4cc(Cl)cc5[nH]ncc45)ncc23)C1. The maximum Gasteiger partial charge on any atom is 0.319 e. The monoisotopic (exact) mass is 640 g/mol. The molecule has 2 N–H and O–H groups in total. The third-order valence-corrected chi connectivity index (χ3v) is 8.43. The summed E-state index contributed by atoms with van der Waals surface area (Å²) in [4.78, 5) is 27.5. The summed E-state index contributed by atoms with van der Waals surface area (Å²) in [7, 11) is 4.06. The largest absolute Gasteiger partial charge is 0.468 e. The number of anilines is 1. The van der Waals surface area contributed by atoms with Crippen LogP contribution >= 0.6 is 11.6 Å². The molecule has 3 aliphatic rings. The molecular formula is C32H42ClFN8O3. The fraction of sp³-hybridized carbons (Fsp3) is 0.531. The summed E-state index contributed by atoms with van der Waals surface area (Å²) in [6.45, 7) is 5.76. The molecule has 45 heavy (non-hydrogen) atoms. The third-order valence-electron chi connectivity index (χ3n) is 8.22. The zero-order valence-electron chi connectivity index (χ0n) is 26.2. The number of ether oxygens (including phenoxy) is 2. The van der Waals surface area contributed by atoms with Gasteiger partial charge in [0.05, 0.1) is 23.7 Å². The van der Waals surface area contributed by atoms with Gasteiger partial charge in [-0.2, -0.15) is 15.1 Å². The third kappa shape index (κ3) is 8.16. The van der Waals surface area contributed by atoms with E-state index in [0.29, 0.717) is 59.1 Å². The second-order valence-electron chi connectivity index (χ2n) is 11.6. The number of benzene rings is 1. The zero-order valence-corrected chi connectivity index (χ0v) is 26.9. The van der Waals surface area contributed by atoms with Crippen LogP contribution in [-0.2, 0) is 9.53 Å². The molecule has 3 fully saturated rings. The second-order valence-corrected chi connectivity index (χ2v) is 12.0. The van der Waals surface area contributed by atoms with Crippen molar-refractivity contribution >= 4 is 45.7 Å². The van der Waals surface area contributed by atoms with Gasteiger partial charge in [0.15, 0.2) is 5.82 Å². The first-order chi connectivity index (χ1) is 21.9. The van der Waals surface area contributed by atoms with E-state index in [0.717, 1.165) is 50.7 Å². The van der Waals surface area contributed by atoms with Crippen molar-refractivity contribution in [2.75, 3.05) is 51.8 Å². The molecular weight excluding hydrogens is 599 g/mol. The van der Waals surface area contributed by atoms with Gasteiger partial charge in [-0.15, -0.1) is 0 Å². The second kappa shape index (κ2) is 15.6. The Labute approximate surface area is 267 Å². The van der Waals surface area contributed by atoms with E-state index in [4.69, 9.17) is 21.3 Å². The van der Waals surface area contributed by atoms with Crippen molar-refractivity contribution in [3.63, 3.8) is 0 Å². The molecule has 2 atom stereocenters. The molecule has 3 aromatic heterocycles. The van der Waals surface area contributed by atoms with E-state index in [-0.39, 0.29) is 17.2 Å². The van der Waals surface area contributed by atoms with Gasteiger partial charge in [0.25, 0.3) is 6.47 Å². The van der Waals surface area contributed by atoms with Crippen LogP contribution in [-0.4, -0.2) is 95.5 Å². The number of nitrogens with zero attached hydrogens (tertiary/aromatic N) is 6. The lowest BCUT2D eigenvalue weighted by Crippen LogP contribution is -2.44. The standard InChI is InChI=1S/C26H30ClFN8O.C3H6O2.C3H6/c1-29-16-5-3-8-36(13-16)25-20-11-30-23(18-9-15(27)10-21-19(18)12-31-34-21)22(28)24(20)32-26(33-25)37-14-17-6-4-7-35(17)2;1-2-5-3-4;1-2-3-1/h9-12,16-17,29H,3-8,13-14H2,1-2H3,(H,31,34);3H,2H2,1H3;1-3H2. The van der Waals surface area contributed by atoms with E-state index in [1.807, 2.05) is 7.05 Å². The Bertz CT molecular complexity index is 1580. The Morgan fingerprint density at radius 3 is 2.58 bits per heavy atom. The van der Waals surface area contributed by atoms with Gasteiger partial charge in [-0.25, -0.2) is 4.39 Å². The van der Waals surface area contributed by atoms with Crippen LogP contribution in [0.1, 0.15) is 51.9 Å². The molecule has 11 nitrogen and oxygen atoms in total. The van der Waals surface area contributed by atoms with Crippen LogP contribution in [0.3, 0.4) is 0 Å². The number of likely N-dealkylation sites (N-methyl/N-ethyl adjacent to an activating group) is 2. The van der Waals surface area contributed by atoms with Crippen molar-refractivity contribution in [2.24, 2.45) is 0 Å². The summed E-state index contributed by atoms with van der Waals surface area (Å²) in [6, 6.07) is 4.27. The number of piperidine rings is 1. The van der Waals surface area contributed by atoms with Crippen molar-refractivity contribution in [3.05, 3.63) is 35.4 Å². The number of rotatable bonds is 8. The lowest BCUT2D eigenvalue weighted by atomic mass is 10.0. The van der Waals surface area contributed by atoms with Crippen molar-refractivity contribution in [2.45, 2.75) is 64.0 Å². The Morgan fingerprint density at radius 2 is 1.91 bits per heavy atom. The van der Waals surface area contributed by atoms with Crippen molar-refractivity contribution in [3.8, 4) is 17.3 Å². The Kier molecular flexibility index (Phi) is 11.4. The van der Waals surface area contributed by atoms with E-state index in [2.05, 4.69) is 47.1 Å². The molecule has 0 bridgehead atoms. The lowest BCUT2D eigenvalue weighted by molar-refractivity contribution is -0.128. The van der Waals surface area contributed by atoms with Gasteiger partial charge in [-0.05, 0) is 65.4 Å². The number of carbonyl (C=O) groups excluding carboxylic acids is 1. The number of carbonyl (C=O) groups is 1. The van der Waals surface area contributed by atoms with Crippen LogP contribution in [0, 0.1) is 5.82 Å². The average molecular weight is 641 g/mol. The molecule has 13 heteroatoms. The molecule has 7 rings (SSSR count). The fourth-order valence-corrected chi connectivity index (χ4v) is 5.78. The number of aromatic nitrogens is 5. The number of hydrogen-bond donors (Lipinski definition) is 2. The van der Waals surface area contributed by atoms with Crippen LogP contribution < -0.4 is 15.0 Å². The zero-order chi connectivity index (χ0) is 31.8. The molecule has 4 aromatic rings. The number of nitrogens with one attached hydrogen (secondary N) is 2. The number of likely N-dealkylation sites (tertiary alicyclic amines) is 1. The van der Waals surface area contributed by atoms with Crippen molar-refractivity contribution < 1.29 is 18.7 Å². The van der Waals surface area contributed by atoms with E-state index in [1.54, 1.807) is 31.5 Å². The smallest absolute Gasteiger partial charge is 0.319 e. The summed E-state index contributed by atoms with van der Waals surface area (Å²) < 4.78 is 26.5. The predicted molar refractivity (Wildman–Crippen MR) is 174 cm³/mol. The average Bonchev–Trinajstić information content (AvgIpc) is 3.77. The minimum absolute atomic E-state index is 0.166. The number of H-pyrrole nitrogens is 1. The van der Waals surface area contributed by atoms with E-state index in [1.165, 1.54) is 19.3 Å². The van der Waals surface area contributed by atoms with Crippen LogP contribution in [0.5, 0.6) is 6.01 Å².